The number of thiazole rings is 1. The second kappa shape index (κ2) is 9.53. The van der Waals surface area contributed by atoms with Gasteiger partial charge in [-0.05, 0) is 55.8 Å². The Morgan fingerprint density at radius 1 is 1.10 bits per heavy atom. The molecule has 0 fully saturated rings. The molecule has 8 heteroatoms. The molecule has 0 atom stereocenters. The van der Waals surface area contributed by atoms with Crippen LogP contribution in [0.25, 0.3) is 21.5 Å². The molecule has 0 bridgehead atoms. The van der Waals surface area contributed by atoms with Crippen LogP contribution < -0.4 is 15.6 Å². The average Bonchev–Trinajstić information content (AvgIpc) is 3.18. The van der Waals surface area contributed by atoms with Gasteiger partial charge in [-0.15, -0.1) is 0 Å². The highest BCUT2D eigenvalue weighted by Crippen LogP contribution is 2.25. The minimum atomic E-state index is -0.193. The number of fused-ring (bicyclic) bond motifs is 1. The van der Waals surface area contributed by atoms with Gasteiger partial charge in [-0.1, -0.05) is 23.5 Å². The first-order chi connectivity index (χ1) is 15.1. The van der Waals surface area contributed by atoms with Gasteiger partial charge in [0.2, 0.25) is 5.91 Å². The third kappa shape index (κ3) is 5.16. The number of hydrogen-bond donors (Lipinski definition) is 1. The van der Waals surface area contributed by atoms with Gasteiger partial charge in [0.05, 0.1) is 22.5 Å². The second-order valence-corrected chi connectivity index (χ2v) is 7.91. The molecule has 7 nitrogen and oxygen atoms in total. The number of ether oxygens (including phenoxy) is 1. The molecule has 158 valence electrons. The van der Waals surface area contributed by atoms with E-state index in [0.717, 1.165) is 21.5 Å². The molecule has 0 aliphatic carbocycles. The predicted octanol–water partition coefficient (Wildman–Crippen LogP) is 4.34. The molecule has 1 amide bonds. The molecule has 2 aromatic carbocycles. The highest BCUT2D eigenvalue weighted by atomic mass is 32.1. The summed E-state index contributed by atoms with van der Waals surface area (Å²) in [5, 5.41) is 7.87. The van der Waals surface area contributed by atoms with Crippen LogP contribution in [0, 0.1) is 0 Å². The van der Waals surface area contributed by atoms with Crippen LogP contribution in [0.1, 0.15) is 19.8 Å². The summed E-state index contributed by atoms with van der Waals surface area (Å²) in [6.45, 7) is 2.90. The summed E-state index contributed by atoms with van der Waals surface area (Å²) in [4.78, 5) is 28.9. The summed E-state index contributed by atoms with van der Waals surface area (Å²) < 4.78 is 7.88. The lowest BCUT2D eigenvalue weighted by molar-refractivity contribution is -0.116. The minimum absolute atomic E-state index is 0.130. The van der Waals surface area contributed by atoms with Crippen molar-refractivity contribution in [1.82, 2.24) is 14.8 Å². The largest absolute Gasteiger partial charge is 0.494 e. The Morgan fingerprint density at radius 2 is 1.90 bits per heavy atom. The standard InChI is InChI=1S/C23H22N4O3S/c1-2-30-17-11-9-16(10-12-17)18-13-14-22(29)27(26-18)15-5-8-21(28)25-23-24-19-6-3-4-7-20(19)31-23/h3-4,6-7,9-14H,2,5,8,15H2,1H3,(H,24,25,28). The highest BCUT2D eigenvalue weighted by Gasteiger charge is 2.09. The maximum Gasteiger partial charge on any atom is 0.266 e. The van der Waals surface area contributed by atoms with Gasteiger partial charge in [0, 0.05) is 24.6 Å². The second-order valence-electron chi connectivity index (χ2n) is 6.88. The Kier molecular flexibility index (Phi) is 6.37. The maximum atomic E-state index is 12.3. The lowest BCUT2D eigenvalue weighted by atomic mass is 10.1. The summed E-state index contributed by atoms with van der Waals surface area (Å²) >= 11 is 1.44. The van der Waals surface area contributed by atoms with E-state index < -0.39 is 0 Å². The van der Waals surface area contributed by atoms with Crippen molar-refractivity contribution >= 4 is 32.6 Å². The van der Waals surface area contributed by atoms with E-state index in [1.165, 1.54) is 22.1 Å². The number of carbonyl (C=O) groups excluding carboxylic acids is 1. The Morgan fingerprint density at radius 3 is 2.68 bits per heavy atom. The molecule has 0 radical (unpaired) electrons. The number of nitrogens with one attached hydrogen (secondary N) is 1. The van der Waals surface area contributed by atoms with Crippen LogP contribution in [0.3, 0.4) is 0 Å². The number of benzene rings is 2. The van der Waals surface area contributed by atoms with Crippen LogP contribution in [-0.4, -0.2) is 27.3 Å². The van der Waals surface area contributed by atoms with E-state index in [1.807, 2.05) is 55.5 Å². The fourth-order valence-corrected chi connectivity index (χ4v) is 4.03. The zero-order chi connectivity index (χ0) is 21.6. The number of rotatable bonds is 8. The number of para-hydroxylation sites is 1. The van der Waals surface area contributed by atoms with Crippen molar-refractivity contribution in [2.24, 2.45) is 0 Å². The quantitative estimate of drug-likeness (QED) is 0.446. The van der Waals surface area contributed by atoms with E-state index in [9.17, 15) is 9.59 Å². The van der Waals surface area contributed by atoms with Crippen molar-refractivity contribution < 1.29 is 9.53 Å². The number of aromatic nitrogens is 3. The lowest BCUT2D eigenvalue weighted by Gasteiger charge is -2.08. The predicted molar refractivity (Wildman–Crippen MR) is 123 cm³/mol. The average molecular weight is 435 g/mol. The molecule has 0 aliphatic rings. The Balaban J connectivity index is 1.36. The molecular formula is C23H22N4O3S. The first-order valence-corrected chi connectivity index (χ1v) is 10.9. The zero-order valence-electron chi connectivity index (χ0n) is 17.1. The van der Waals surface area contributed by atoms with Crippen LogP contribution in [0.2, 0.25) is 0 Å². The fraction of sp³-hybridized carbons (Fsp3) is 0.217. The molecule has 0 unspecified atom stereocenters. The smallest absolute Gasteiger partial charge is 0.266 e. The zero-order valence-corrected chi connectivity index (χ0v) is 17.9. The van der Waals surface area contributed by atoms with Gasteiger partial charge in [0.25, 0.3) is 5.56 Å². The van der Waals surface area contributed by atoms with Gasteiger partial charge < -0.3 is 10.1 Å². The molecule has 4 rings (SSSR count). The molecule has 31 heavy (non-hydrogen) atoms. The lowest BCUT2D eigenvalue weighted by Crippen LogP contribution is -2.23. The van der Waals surface area contributed by atoms with Crippen molar-refractivity contribution in [3.63, 3.8) is 0 Å². The van der Waals surface area contributed by atoms with Gasteiger partial charge in [0.1, 0.15) is 5.75 Å². The normalized spacial score (nSPS) is 10.9. The van der Waals surface area contributed by atoms with Crippen molar-refractivity contribution in [2.45, 2.75) is 26.3 Å². The van der Waals surface area contributed by atoms with E-state index in [1.54, 1.807) is 6.07 Å². The van der Waals surface area contributed by atoms with Gasteiger partial charge in [-0.2, -0.15) is 5.10 Å². The monoisotopic (exact) mass is 434 g/mol. The maximum absolute atomic E-state index is 12.3. The third-order valence-corrected chi connectivity index (χ3v) is 5.59. The number of amides is 1. The van der Waals surface area contributed by atoms with E-state index in [4.69, 9.17) is 4.74 Å². The minimum Gasteiger partial charge on any atom is -0.494 e. The number of aryl methyl sites for hydroxylation is 1. The first-order valence-electron chi connectivity index (χ1n) is 10.1. The van der Waals surface area contributed by atoms with Crippen LogP contribution in [0.15, 0.2) is 65.5 Å². The molecule has 0 saturated carbocycles. The molecular weight excluding hydrogens is 412 g/mol. The van der Waals surface area contributed by atoms with E-state index in [-0.39, 0.29) is 17.9 Å². The van der Waals surface area contributed by atoms with Gasteiger partial charge in [-0.3, -0.25) is 9.59 Å². The first kappa shape index (κ1) is 20.7. The molecule has 0 spiro atoms. The van der Waals surface area contributed by atoms with Crippen molar-refractivity contribution in [2.75, 3.05) is 11.9 Å². The third-order valence-electron chi connectivity index (χ3n) is 4.64. The van der Waals surface area contributed by atoms with Gasteiger partial charge >= 0.3 is 0 Å². The van der Waals surface area contributed by atoms with E-state index in [0.29, 0.717) is 30.4 Å². The Hall–Kier alpha value is -3.52. The van der Waals surface area contributed by atoms with Crippen molar-refractivity contribution in [3.05, 3.63) is 71.0 Å². The molecule has 2 heterocycles. The van der Waals surface area contributed by atoms with Crippen LogP contribution >= 0.6 is 11.3 Å². The fourth-order valence-electron chi connectivity index (χ4n) is 3.15. The van der Waals surface area contributed by atoms with Gasteiger partial charge in [0.15, 0.2) is 5.13 Å². The molecule has 2 aromatic heterocycles. The molecule has 1 N–H and O–H groups in total. The summed E-state index contributed by atoms with van der Waals surface area (Å²) in [5.74, 6) is 0.661. The van der Waals surface area contributed by atoms with Gasteiger partial charge in [-0.25, -0.2) is 9.67 Å². The number of nitrogens with zero attached hydrogens (tertiary/aromatic N) is 3. The summed E-state index contributed by atoms with van der Waals surface area (Å²) in [6, 6.07) is 18.5. The number of hydrogen-bond acceptors (Lipinski definition) is 6. The highest BCUT2D eigenvalue weighted by molar-refractivity contribution is 7.22. The number of carbonyl (C=O) groups is 1. The van der Waals surface area contributed by atoms with Crippen molar-refractivity contribution in [1.29, 1.82) is 0 Å². The van der Waals surface area contributed by atoms with Crippen LogP contribution in [0.5, 0.6) is 5.75 Å². The Bertz CT molecular complexity index is 1210. The summed E-state index contributed by atoms with van der Waals surface area (Å²) in [5.41, 5.74) is 2.26. The molecule has 0 aliphatic heterocycles. The van der Waals surface area contributed by atoms with Crippen LogP contribution in [-0.2, 0) is 11.3 Å². The summed E-state index contributed by atoms with van der Waals surface area (Å²) in [6.07, 6.45) is 0.772. The van der Waals surface area contributed by atoms with Crippen molar-refractivity contribution in [3.8, 4) is 17.0 Å². The van der Waals surface area contributed by atoms with E-state index >= 15 is 0 Å². The molecule has 0 saturated heterocycles. The molecule has 4 aromatic rings. The van der Waals surface area contributed by atoms with Crippen LogP contribution in [0.4, 0.5) is 5.13 Å². The van der Waals surface area contributed by atoms with E-state index in [2.05, 4.69) is 15.4 Å². The Labute approximate surface area is 183 Å². The number of anilines is 1. The summed E-state index contributed by atoms with van der Waals surface area (Å²) in [7, 11) is 0. The topological polar surface area (TPSA) is 86.1 Å². The SMILES string of the molecule is CCOc1ccc(-c2ccc(=O)n(CCCC(=O)Nc3nc4ccccc4s3)n2)cc1.